The van der Waals surface area contributed by atoms with Gasteiger partial charge in [-0.15, -0.1) is 0 Å². The van der Waals surface area contributed by atoms with E-state index in [-0.39, 0.29) is 42.3 Å². The second-order valence-corrected chi connectivity index (χ2v) is 5.03. The van der Waals surface area contributed by atoms with Gasteiger partial charge in [0, 0.05) is 25.7 Å². The lowest BCUT2D eigenvalue weighted by atomic mass is 10.1. The third kappa shape index (κ3) is 4.46. The van der Waals surface area contributed by atoms with Crippen LogP contribution in [0.5, 0.6) is 0 Å². The Morgan fingerprint density at radius 3 is 1.95 bits per heavy atom. The zero-order valence-electron chi connectivity index (χ0n) is 11.6. The molecule has 0 saturated carbocycles. The van der Waals surface area contributed by atoms with Crippen LogP contribution in [0.2, 0.25) is 0 Å². The Labute approximate surface area is 112 Å². The Morgan fingerprint density at radius 1 is 0.947 bits per heavy atom. The van der Waals surface area contributed by atoms with Gasteiger partial charge < -0.3 is 9.80 Å². The second-order valence-electron chi connectivity index (χ2n) is 5.03. The molecule has 1 rings (SSSR count). The van der Waals surface area contributed by atoms with E-state index in [0.29, 0.717) is 19.6 Å². The molecule has 0 aliphatic carbocycles. The molecular formula is C13H20N2O4. The molecule has 1 saturated heterocycles. The second kappa shape index (κ2) is 6.45. The molecule has 0 aromatic rings. The smallest absolute Gasteiger partial charge is 0.230 e. The normalized spacial score (nSPS) is 19.2. The topological polar surface area (TPSA) is 74.8 Å². The highest BCUT2D eigenvalue weighted by Gasteiger charge is 2.30. The van der Waals surface area contributed by atoms with Crippen LogP contribution in [-0.4, -0.2) is 58.9 Å². The quantitative estimate of drug-likeness (QED) is 0.673. The van der Waals surface area contributed by atoms with E-state index in [1.165, 1.54) is 13.8 Å². The predicted octanol–water partition coefficient (Wildman–Crippen LogP) is 0.00390. The van der Waals surface area contributed by atoms with Crippen LogP contribution >= 0.6 is 0 Å². The minimum absolute atomic E-state index is 0.0892. The Bertz CT molecular complexity index is 405. The van der Waals surface area contributed by atoms with Crippen LogP contribution in [-0.2, 0) is 19.2 Å². The number of ketones is 2. The maximum Gasteiger partial charge on any atom is 0.230 e. The fourth-order valence-electron chi connectivity index (χ4n) is 2.19. The van der Waals surface area contributed by atoms with Gasteiger partial charge in [0.25, 0.3) is 0 Å². The molecule has 2 amide bonds. The molecule has 0 spiro atoms. The molecule has 1 aliphatic heterocycles. The maximum absolute atomic E-state index is 11.8. The molecule has 0 N–H and O–H groups in total. The van der Waals surface area contributed by atoms with Crippen molar-refractivity contribution in [3.8, 4) is 0 Å². The fourth-order valence-corrected chi connectivity index (χ4v) is 2.19. The number of amides is 2. The van der Waals surface area contributed by atoms with Crippen molar-refractivity contribution in [3.63, 3.8) is 0 Å². The van der Waals surface area contributed by atoms with Crippen molar-refractivity contribution in [3.05, 3.63) is 0 Å². The largest absolute Gasteiger partial charge is 0.338 e. The van der Waals surface area contributed by atoms with Gasteiger partial charge in [0.05, 0.1) is 12.8 Å². The monoisotopic (exact) mass is 268 g/mol. The summed E-state index contributed by atoms with van der Waals surface area (Å²) >= 11 is 0. The number of carbonyl (C=O) groups is 4. The Morgan fingerprint density at radius 2 is 1.47 bits per heavy atom. The van der Waals surface area contributed by atoms with Crippen LogP contribution in [0.25, 0.3) is 0 Å². The summed E-state index contributed by atoms with van der Waals surface area (Å²) in [7, 11) is 0. The number of hydrogen-bond acceptors (Lipinski definition) is 4. The number of hydrogen-bond donors (Lipinski definition) is 0. The summed E-state index contributed by atoms with van der Waals surface area (Å²) in [5.74, 6) is -0.711. The summed E-state index contributed by atoms with van der Waals surface area (Å²) in [5.41, 5.74) is 0. The summed E-state index contributed by atoms with van der Waals surface area (Å²) in [4.78, 5) is 48.7. The third-order valence-electron chi connectivity index (χ3n) is 3.10. The van der Waals surface area contributed by atoms with Crippen LogP contribution in [0.1, 0.15) is 33.6 Å². The first kappa shape index (κ1) is 15.3. The van der Waals surface area contributed by atoms with Crippen molar-refractivity contribution in [1.29, 1.82) is 0 Å². The summed E-state index contributed by atoms with van der Waals surface area (Å²) in [6, 6.07) is -0.128. The average Bonchev–Trinajstić information content (AvgIpc) is 2.26. The first-order valence-corrected chi connectivity index (χ1v) is 6.37. The summed E-state index contributed by atoms with van der Waals surface area (Å²) < 4.78 is 0. The molecule has 0 unspecified atom stereocenters. The zero-order valence-corrected chi connectivity index (χ0v) is 11.6. The van der Waals surface area contributed by atoms with Crippen molar-refractivity contribution in [1.82, 2.24) is 9.80 Å². The molecule has 1 fully saturated rings. The van der Waals surface area contributed by atoms with Crippen LogP contribution in [0, 0.1) is 0 Å². The van der Waals surface area contributed by atoms with Gasteiger partial charge in [-0.05, 0) is 20.8 Å². The predicted molar refractivity (Wildman–Crippen MR) is 68.4 cm³/mol. The third-order valence-corrected chi connectivity index (χ3v) is 3.10. The van der Waals surface area contributed by atoms with E-state index in [1.54, 1.807) is 9.80 Å². The highest BCUT2D eigenvalue weighted by molar-refractivity contribution is 5.98. The molecule has 1 aliphatic rings. The summed E-state index contributed by atoms with van der Waals surface area (Å²) in [5, 5.41) is 0. The van der Waals surface area contributed by atoms with E-state index >= 15 is 0 Å². The lowest BCUT2D eigenvalue weighted by Crippen LogP contribution is -2.55. The van der Waals surface area contributed by atoms with Gasteiger partial charge >= 0.3 is 0 Å². The highest BCUT2D eigenvalue weighted by atomic mass is 16.2. The minimum atomic E-state index is -0.196. The molecule has 1 atom stereocenters. The molecule has 6 heteroatoms. The van der Waals surface area contributed by atoms with Crippen LogP contribution in [0.15, 0.2) is 0 Å². The van der Waals surface area contributed by atoms with E-state index in [0.717, 1.165) is 0 Å². The van der Waals surface area contributed by atoms with E-state index in [2.05, 4.69) is 0 Å². The van der Waals surface area contributed by atoms with Gasteiger partial charge in [-0.25, -0.2) is 0 Å². The minimum Gasteiger partial charge on any atom is -0.338 e. The van der Waals surface area contributed by atoms with Crippen molar-refractivity contribution in [2.75, 3.05) is 19.6 Å². The SMILES string of the molecule is CC(=O)CC(=O)N1CCN(C(=O)CC(C)=O)[C@H](C)C1. The Hall–Kier alpha value is -1.72. The standard InChI is InChI=1S/C13H20N2O4/c1-9-8-14(12(18)6-10(2)16)4-5-15(9)13(19)7-11(3)17/h9H,4-8H2,1-3H3/t9-/m1/s1. The molecule has 0 aromatic heterocycles. The first-order chi connectivity index (χ1) is 8.81. The van der Waals surface area contributed by atoms with Crippen LogP contribution < -0.4 is 0 Å². The van der Waals surface area contributed by atoms with Gasteiger partial charge in [0.2, 0.25) is 11.8 Å². The Balaban J connectivity index is 2.56. The maximum atomic E-state index is 11.8. The van der Waals surface area contributed by atoms with E-state index in [9.17, 15) is 19.2 Å². The fraction of sp³-hybridized carbons (Fsp3) is 0.692. The average molecular weight is 268 g/mol. The number of rotatable bonds is 4. The van der Waals surface area contributed by atoms with E-state index in [4.69, 9.17) is 0 Å². The molecule has 0 radical (unpaired) electrons. The lowest BCUT2D eigenvalue weighted by molar-refractivity contribution is -0.145. The summed E-state index contributed by atoms with van der Waals surface area (Å²) in [6.45, 7) is 5.85. The van der Waals surface area contributed by atoms with E-state index < -0.39 is 0 Å². The van der Waals surface area contributed by atoms with Gasteiger partial charge in [-0.2, -0.15) is 0 Å². The van der Waals surface area contributed by atoms with Crippen molar-refractivity contribution in [2.24, 2.45) is 0 Å². The molecule has 19 heavy (non-hydrogen) atoms. The number of piperazine rings is 1. The van der Waals surface area contributed by atoms with Crippen molar-refractivity contribution < 1.29 is 19.2 Å². The molecule has 0 aromatic carbocycles. The number of Topliss-reactive ketones (excluding diaryl/α,β-unsaturated/α-hetero) is 2. The highest BCUT2D eigenvalue weighted by Crippen LogP contribution is 2.12. The number of nitrogens with zero attached hydrogens (tertiary/aromatic N) is 2. The van der Waals surface area contributed by atoms with Crippen molar-refractivity contribution in [2.45, 2.75) is 39.7 Å². The zero-order chi connectivity index (χ0) is 14.6. The van der Waals surface area contributed by atoms with Gasteiger partial charge in [-0.1, -0.05) is 0 Å². The van der Waals surface area contributed by atoms with Gasteiger partial charge in [-0.3, -0.25) is 19.2 Å². The molecule has 6 nitrogen and oxygen atoms in total. The number of carbonyl (C=O) groups excluding carboxylic acids is 4. The van der Waals surface area contributed by atoms with Crippen LogP contribution in [0.4, 0.5) is 0 Å². The van der Waals surface area contributed by atoms with Gasteiger partial charge in [0.15, 0.2) is 0 Å². The summed E-state index contributed by atoms with van der Waals surface area (Å²) in [6.07, 6.45) is -0.181. The Kier molecular flexibility index (Phi) is 5.20. The molecule has 1 heterocycles. The van der Waals surface area contributed by atoms with Crippen molar-refractivity contribution >= 4 is 23.4 Å². The van der Waals surface area contributed by atoms with E-state index in [1.807, 2.05) is 6.92 Å². The lowest BCUT2D eigenvalue weighted by Gasteiger charge is -2.39. The van der Waals surface area contributed by atoms with Crippen LogP contribution in [0.3, 0.4) is 0 Å². The molecule has 0 bridgehead atoms. The first-order valence-electron chi connectivity index (χ1n) is 6.37. The van der Waals surface area contributed by atoms with Gasteiger partial charge in [0.1, 0.15) is 11.6 Å². The molecular weight excluding hydrogens is 248 g/mol. The molecule has 106 valence electrons.